The summed E-state index contributed by atoms with van der Waals surface area (Å²) in [5.74, 6) is 0.466. The van der Waals surface area contributed by atoms with E-state index in [-0.39, 0.29) is 11.9 Å². The Morgan fingerprint density at radius 2 is 1.85 bits per heavy atom. The van der Waals surface area contributed by atoms with Crippen LogP contribution in [0.4, 0.5) is 21.0 Å². The van der Waals surface area contributed by atoms with Crippen molar-refractivity contribution in [2.24, 2.45) is 4.99 Å². The number of guanidine groups is 1. The predicted molar refractivity (Wildman–Crippen MR) is 101 cm³/mol. The number of rotatable bonds is 5. The van der Waals surface area contributed by atoms with Gasteiger partial charge in [-0.25, -0.2) is 9.59 Å². The number of alkyl carbamates (subject to hydrolysis) is 1. The fourth-order valence-electron chi connectivity index (χ4n) is 1.73. The van der Waals surface area contributed by atoms with Gasteiger partial charge in [0.05, 0.1) is 25.6 Å². The number of hydrogen-bond acceptors (Lipinski definition) is 6. The summed E-state index contributed by atoms with van der Waals surface area (Å²) in [6.07, 6.45) is -0.726. The third-order valence-electron chi connectivity index (χ3n) is 2.81. The van der Waals surface area contributed by atoms with Crippen molar-refractivity contribution in [2.75, 3.05) is 30.6 Å². The number of anilines is 2. The first-order chi connectivity index (χ1) is 12.4. The van der Waals surface area contributed by atoms with E-state index in [0.717, 1.165) is 24.2 Å². The van der Waals surface area contributed by atoms with Crippen LogP contribution >= 0.6 is 11.8 Å². The summed E-state index contributed by atoms with van der Waals surface area (Å²) in [7, 11) is 2.33. The molecule has 0 aliphatic carbocycles. The van der Waals surface area contributed by atoms with Gasteiger partial charge in [0.25, 0.3) is 0 Å². The molecule has 0 radical (unpaired) electrons. The quantitative estimate of drug-likeness (QED) is 0.407. The molecule has 0 fully saturated rings. The molecular weight excluding hydrogens is 360 g/mol. The van der Waals surface area contributed by atoms with Crippen molar-refractivity contribution in [2.45, 2.75) is 25.2 Å². The van der Waals surface area contributed by atoms with Crippen LogP contribution in [0.5, 0.6) is 0 Å². The maximum absolute atomic E-state index is 11.5. The van der Waals surface area contributed by atoms with E-state index in [9.17, 15) is 14.4 Å². The number of benzene rings is 1. The second-order valence-corrected chi connectivity index (χ2v) is 6.08. The van der Waals surface area contributed by atoms with Crippen molar-refractivity contribution in [1.29, 1.82) is 0 Å². The number of thioether (sulfide) groups is 1. The lowest BCUT2D eigenvalue weighted by Gasteiger charge is -2.15. The van der Waals surface area contributed by atoms with Gasteiger partial charge in [-0.2, -0.15) is 0 Å². The van der Waals surface area contributed by atoms with E-state index in [1.165, 1.54) is 14.0 Å². The number of carbonyl (C=O) groups is 3. The van der Waals surface area contributed by atoms with E-state index in [0.29, 0.717) is 11.4 Å². The maximum Gasteiger partial charge on any atom is 0.436 e. The molecule has 0 aliphatic rings. The van der Waals surface area contributed by atoms with E-state index in [1.807, 2.05) is 6.07 Å². The molecule has 0 unspecified atom stereocenters. The molecule has 9 nitrogen and oxygen atoms in total. The Kier molecular flexibility index (Phi) is 8.99. The SMILES string of the molecule is CCCSc1ccc(N/C(=N\C(=O)OC)NC(=O)OC)c(NC(C)=O)c1. The lowest BCUT2D eigenvalue weighted by Crippen LogP contribution is -2.36. The number of nitrogens with zero attached hydrogens (tertiary/aromatic N) is 1. The molecule has 10 heteroatoms. The zero-order valence-electron chi connectivity index (χ0n) is 15.0. The van der Waals surface area contributed by atoms with Crippen molar-refractivity contribution < 1.29 is 23.9 Å². The monoisotopic (exact) mass is 382 g/mol. The summed E-state index contributed by atoms with van der Waals surface area (Å²) in [5.41, 5.74) is 0.905. The fourth-order valence-corrected chi connectivity index (χ4v) is 2.54. The third-order valence-corrected chi connectivity index (χ3v) is 4.01. The zero-order valence-corrected chi connectivity index (χ0v) is 15.9. The molecule has 0 spiro atoms. The molecule has 0 saturated heterocycles. The summed E-state index contributed by atoms with van der Waals surface area (Å²) in [5, 5.41) is 7.75. The zero-order chi connectivity index (χ0) is 19.5. The van der Waals surface area contributed by atoms with Crippen molar-refractivity contribution in [3.63, 3.8) is 0 Å². The van der Waals surface area contributed by atoms with E-state index in [4.69, 9.17) is 0 Å². The molecular formula is C16H22N4O5S. The molecule has 1 aromatic carbocycles. The normalized spacial score (nSPS) is 10.7. The molecule has 0 heterocycles. The Morgan fingerprint density at radius 1 is 1.12 bits per heavy atom. The standard InChI is InChI=1S/C16H22N4O5S/c1-5-8-26-11-6-7-12(13(9-11)17-10(2)21)18-14(19-15(22)24-3)20-16(23)25-4/h6-7,9H,5,8H2,1-4H3,(H,17,21)(H2,18,19,20,22,23). The topological polar surface area (TPSA) is 118 Å². The highest BCUT2D eigenvalue weighted by Crippen LogP contribution is 2.29. The molecule has 0 atom stereocenters. The van der Waals surface area contributed by atoms with Gasteiger partial charge in [-0.05, 0) is 30.4 Å². The summed E-state index contributed by atoms with van der Waals surface area (Å²) in [6, 6.07) is 5.34. The minimum absolute atomic E-state index is 0.204. The molecule has 1 aromatic rings. The number of ether oxygens (including phenoxy) is 2. The predicted octanol–water partition coefficient (Wildman–Crippen LogP) is 3.04. The van der Waals surface area contributed by atoms with Crippen LogP contribution in [0, 0.1) is 0 Å². The van der Waals surface area contributed by atoms with Crippen LogP contribution < -0.4 is 16.0 Å². The van der Waals surface area contributed by atoms with Crippen LogP contribution in [0.15, 0.2) is 28.1 Å². The van der Waals surface area contributed by atoms with Crippen LogP contribution in [0.25, 0.3) is 0 Å². The number of nitrogens with one attached hydrogen (secondary N) is 3. The van der Waals surface area contributed by atoms with Crippen LogP contribution in [-0.4, -0.2) is 44.0 Å². The van der Waals surface area contributed by atoms with Gasteiger partial charge in [0.15, 0.2) is 0 Å². The lowest BCUT2D eigenvalue weighted by molar-refractivity contribution is -0.114. The van der Waals surface area contributed by atoms with Crippen molar-refractivity contribution in [1.82, 2.24) is 5.32 Å². The van der Waals surface area contributed by atoms with Gasteiger partial charge in [-0.1, -0.05) is 6.92 Å². The van der Waals surface area contributed by atoms with E-state index < -0.39 is 12.2 Å². The Morgan fingerprint density at radius 3 is 2.42 bits per heavy atom. The van der Waals surface area contributed by atoms with Gasteiger partial charge < -0.3 is 20.1 Å². The van der Waals surface area contributed by atoms with Crippen LogP contribution in [0.3, 0.4) is 0 Å². The summed E-state index contributed by atoms with van der Waals surface area (Å²) in [6.45, 7) is 3.46. The third kappa shape index (κ3) is 7.43. The lowest BCUT2D eigenvalue weighted by atomic mass is 10.2. The average Bonchev–Trinajstić information content (AvgIpc) is 2.60. The minimum atomic E-state index is -0.917. The van der Waals surface area contributed by atoms with E-state index in [2.05, 4.69) is 37.3 Å². The van der Waals surface area contributed by atoms with E-state index in [1.54, 1.807) is 23.9 Å². The fraction of sp³-hybridized carbons (Fsp3) is 0.375. The highest BCUT2D eigenvalue weighted by atomic mass is 32.2. The maximum atomic E-state index is 11.5. The first kappa shape index (κ1) is 21.3. The Bertz CT molecular complexity index is 693. The average molecular weight is 382 g/mol. The van der Waals surface area contributed by atoms with Gasteiger partial charge in [-0.15, -0.1) is 16.8 Å². The Hall–Kier alpha value is -2.75. The van der Waals surface area contributed by atoms with Gasteiger partial charge in [-0.3, -0.25) is 10.1 Å². The molecule has 0 aromatic heterocycles. The molecule has 3 amide bonds. The Balaban J connectivity index is 3.14. The van der Waals surface area contributed by atoms with Crippen molar-refractivity contribution >= 4 is 47.2 Å². The molecule has 3 N–H and O–H groups in total. The highest BCUT2D eigenvalue weighted by molar-refractivity contribution is 7.99. The molecule has 0 bridgehead atoms. The summed E-state index contributed by atoms with van der Waals surface area (Å²) < 4.78 is 8.96. The van der Waals surface area contributed by atoms with Crippen molar-refractivity contribution in [3.05, 3.63) is 18.2 Å². The minimum Gasteiger partial charge on any atom is -0.453 e. The van der Waals surface area contributed by atoms with Crippen LogP contribution in [-0.2, 0) is 14.3 Å². The van der Waals surface area contributed by atoms with Crippen LogP contribution in [0.2, 0.25) is 0 Å². The number of aliphatic imine (C=N–C) groups is 1. The second kappa shape index (κ2) is 11.0. The molecule has 26 heavy (non-hydrogen) atoms. The number of amides is 3. The smallest absolute Gasteiger partial charge is 0.436 e. The van der Waals surface area contributed by atoms with Gasteiger partial charge in [0, 0.05) is 11.8 Å². The first-order valence-electron chi connectivity index (χ1n) is 7.72. The molecule has 142 valence electrons. The van der Waals surface area contributed by atoms with Gasteiger partial charge in [0.1, 0.15) is 0 Å². The second-order valence-electron chi connectivity index (χ2n) is 4.91. The summed E-state index contributed by atoms with van der Waals surface area (Å²) in [4.78, 5) is 38.9. The number of methoxy groups -OCH3 is 2. The largest absolute Gasteiger partial charge is 0.453 e. The number of hydrogen-bond donors (Lipinski definition) is 3. The van der Waals surface area contributed by atoms with E-state index >= 15 is 0 Å². The van der Waals surface area contributed by atoms with Crippen molar-refractivity contribution in [3.8, 4) is 0 Å². The van der Waals surface area contributed by atoms with Crippen LogP contribution in [0.1, 0.15) is 20.3 Å². The number of carbonyl (C=O) groups excluding carboxylic acids is 3. The molecule has 0 aliphatic heterocycles. The highest BCUT2D eigenvalue weighted by Gasteiger charge is 2.13. The molecule has 1 rings (SSSR count). The summed E-state index contributed by atoms with van der Waals surface area (Å²) >= 11 is 1.64. The Labute approximate surface area is 155 Å². The molecule has 0 saturated carbocycles. The van der Waals surface area contributed by atoms with Gasteiger partial charge >= 0.3 is 12.2 Å². The van der Waals surface area contributed by atoms with Gasteiger partial charge in [0.2, 0.25) is 11.9 Å². The first-order valence-corrected chi connectivity index (χ1v) is 8.71.